The van der Waals surface area contributed by atoms with Crippen LogP contribution in [0.5, 0.6) is 0 Å². The Bertz CT molecular complexity index is 824. The molecule has 0 aromatic heterocycles. The normalized spacial score (nSPS) is 11.9. The van der Waals surface area contributed by atoms with Gasteiger partial charge in [-0.2, -0.15) is 0 Å². The first-order valence-electron chi connectivity index (χ1n) is 9.74. The fraction of sp³-hybridized carbons (Fsp3) is 0.391. The van der Waals surface area contributed by atoms with Gasteiger partial charge < -0.3 is 10.2 Å². The van der Waals surface area contributed by atoms with Crippen molar-refractivity contribution in [3.8, 4) is 0 Å². The maximum atomic E-state index is 13.0. The lowest BCUT2D eigenvalue weighted by Gasteiger charge is -2.29. The summed E-state index contributed by atoms with van der Waals surface area (Å²) in [4.78, 5) is 27.3. The average Bonchev–Trinajstić information content (AvgIpc) is 2.68. The SMILES string of the molecule is Cc1ccccc1CSCC(=O)N(Cc1ccc(Br)cc1)C(C)C(=O)NC(C)C. The molecule has 29 heavy (non-hydrogen) atoms. The van der Waals surface area contributed by atoms with Crippen molar-refractivity contribution in [2.24, 2.45) is 0 Å². The van der Waals surface area contributed by atoms with Gasteiger partial charge in [0.05, 0.1) is 5.75 Å². The minimum absolute atomic E-state index is 0.0297. The lowest BCUT2D eigenvalue weighted by Crippen LogP contribution is -2.49. The molecular weight excluding hydrogens is 448 g/mol. The smallest absolute Gasteiger partial charge is 0.242 e. The van der Waals surface area contributed by atoms with Crippen LogP contribution in [0.1, 0.15) is 37.5 Å². The maximum Gasteiger partial charge on any atom is 0.242 e. The molecular formula is C23H29BrN2O2S. The molecule has 1 unspecified atom stereocenters. The summed E-state index contributed by atoms with van der Waals surface area (Å²) < 4.78 is 0.985. The Balaban J connectivity index is 2.07. The van der Waals surface area contributed by atoms with E-state index >= 15 is 0 Å². The number of hydrogen-bond donors (Lipinski definition) is 1. The molecule has 2 aromatic carbocycles. The van der Waals surface area contributed by atoms with E-state index in [0.29, 0.717) is 12.3 Å². The summed E-state index contributed by atoms with van der Waals surface area (Å²) in [5.41, 5.74) is 3.45. The van der Waals surface area contributed by atoms with Crippen molar-refractivity contribution in [3.63, 3.8) is 0 Å². The van der Waals surface area contributed by atoms with Crippen molar-refractivity contribution in [1.82, 2.24) is 10.2 Å². The van der Waals surface area contributed by atoms with Crippen molar-refractivity contribution in [2.75, 3.05) is 5.75 Å². The van der Waals surface area contributed by atoms with Gasteiger partial charge in [0.1, 0.15) is 6.04 Å². The van der Waals surface area contributed by atoms with Gasteiger partial charge in [-0.05, 0) is 56.5 Å². The van der Waals surface area contributed by atoms with E-state index in [1.165, 1.54) is 11.1 Å². The number of carbonyl (C=O) groups excluding carboxylic acids is 2. The van der Waals surface area contributed by atoms with Crippen LogP contribution in [-0.2, 0) is 21.9 Å². The zero-order valence-corrected chi connectivity index (χ0v) is 19.8. The number of amides is 2. The molecule has 0 spiro atoms. The number of nitrogens with zero attached hydrogens (tertiary/aromatic N) is 1. The molecule has 4 nitrogen and oxygen atoms in total. The van der Waals surface area contributed by atoms with Crippen LogP contribution in [0.3, 0.4) is 0 Å². The predicted octanol–water partition coefficient (Wildman–Crippen LogP) is 4.93. The first kappa shape index (κ1) is 23.5. The van der Waals surface area contributed by atoms with Crippen molar-refractivity contribution < 1.29 is 9.59 Å². The molecule has 6 heteroatoms. The van der Waals surface area contributed by atoms with E-state index in [0.717, 1.165) is 15.8 Å². The van der Waals surface area contributed by atoms with Crippen LogP contribution in [-0.4, -0.2) is 34.6 Å². The van der Waals surface area contributed by atoms with Crippen LogP contribution in [0, 0.1) is 6.92 Å². The third-order valence-corrected chi connectivity index (χ3v) is 6.10. The Hall–Kier alpha value is -1.79. The van der Waals surface area contributed by atoms with Gasteiger partial charge in [-0.25, -0.2) is 0 Å². The third kappa shape index (κ3) is 7.52. The minimum Gasteiger partial charge on any atom is -0.352 e. The highest BCUT2D eigenvalue weighted by Gasteiger charge is 2.26. The molecule has 0 heterocycles. The van der Waals surface area contributed by atoms with E-state index < -0.39 is 6.04 Å². The summed E-state index contributed by atoms with van der Waals surface area (Å²) in [7, 11) is 0. The van der Waals surface area contributed by atoms with Gasteiger partial charge in [0.25, 0.3) is 0 Å². The van der Waals surface area contributed by atoms with Gasteiger partial charge in [-0.3, -0.25) is 9.59 Å². The van der Waals surface area contributed by atoms with Gasteiger partial charge in [0.2, 0.25) is 11.8 Å². The average molecular weight is 477 g/mol. The molecule has 0 saturated heterocycles. The van der Waals surface area contributed by atoms with Crippen molar-refractivity contribution in [2.45, 2.75) is 52.1 Å². The van der Waals surface area contributed by atoms with E-state index in [1.54, 1.807) is 23.6 Å². The van der Waals surface area contributed by atoms with Gasteiger partial charge >= 0.3 is 0 Å². The Morgan fingerprint density at radius 1 is 1.07 bits per heavy atom. The number of hydrogen-bond acceptors (Lipinski definition) is 3. The molecule has 0 aliphatic heterocycles. The number of thioether (sulfide) groups is 1. The standard InChI is InChI=1S/C23H29BrN2O2S/c1-16(2)25-23(28)18(4)26(13-19-9-11-21(24)12-10-19)22(27)15-29-14-20-8-6-5-7-17(20)3/h5-12,16,18H,13-15H2,1-4H3,(H,25,28). The molecule has 0 saturated carbocycles. The number of nitrogens with one attached hydrogen (secondary N) is 1. The van der Waals surface area contributed by atoms with E-state index in [2.05, 4.69) is 40.3 Å². The predicted molar refractivity (Wildman–Crippen MR) is 125 cm³/mol. The Morgan fingerprint density at radius 2 is 1.72 bits per heavy atom. The van der Waals surface area contributed by atoms with Crippen LogP contribution >= 0.6 is 27.7 Å². The van der Waals surface area contributed by atoms with E-state index in [1.807, 2.05) is 50.2 Å². The van der Waals surface area contributed by atoms with Crippen molar-refractivity contribution >= 4 is 39.5 Å². The minimum atomic E-state index is -0.535. The summed E-state index contributed by atoms with van der Waals surface area (Å²) in [6, 6.07) is 15.5. The van der Waals surface area contributed by atoms with E-state index in [4.69, 9.17) is 0 Å². The van der Waals surface area contributed by atoms with Crippen LogP contribution < -0.4 is 5.32 Å². The lowest BCUT2D eigenvalue weighted by atomic mass is 10.1. The van der Waals surface area contributed by atoms with Gasteiger partial charge in [-0.1, -0.05) is 52.3 Å². The molecule has 0 bridgehead atoms. The number of halogens is 1. The fourth-order valence-electron chi connectivity index (χ4n) is 2.88. The molecule has 0 fully saturated rings. The molecule has 1 N–H and O–H groups in total. The highest BCUT2D eigenvalue weighted by atomic mass is 79.9. The number of rotatable bonds is 9. The topological polar surface area (TPSA) is 49.4 Å². The molecule has 0 aliphatic carbocycles. The second-order valence-corrected chi connectivity index (χ2v) is 9.31. The van der Waals surface area contributed by atoms with Gasteiger partial charge in [0, 0.05) is 22.8 Å². The highest BCUT2D eigenvalue weighted by Crippen LogP contribution is 2.19. The van der Waals surface area contributed by atoms with Gasteiger partial charge in [-0.15, -0.1) is 11.8 Å². The Labute approximate surface area is 186 Å². The second-order valence-electron chi connectivity index (χ2n) is 7.41. The lowest BCUT2D eigenvalue weighted by molar-refractivity contribution is -0.138. The molecule has 0 radical (unpaired) electrons. The van der Waals surface area contributed by atoms with Gasteiger partial charge in [0.15, 0.2) is 0 Å². The summed E-state index contributed by atoms with van der Waals surface area (Å²) in [5.74, 6) is 0.952. The van der Waals surface area contributed by atoms with E-state index in [9.17, 15) is 9.59 Å². The van der Waals surface area contributed by atoms with Crippen molar-refractivity contribution in [3.05, 3.63) is 69.7 Å². The number of aryl methyl sites for hydroxylation is 1. The second kappa shape index (κ2) is 11.4. The largest absolute Gasteiger partial charge is 0.352 e. The van der Waals surface area contributed by atoms with Crippen LogP contribution in [0.2, 0.25) is 0 Å². The van der Waals surface area contributed by atoms with Crippen LogP contribution in [0.15, 0.2) is 53.0 Å². The molecule has 156 valence electrons. The first-order chi connectivity index (χ1) is 13.8. The fourth-order valence-corrected chi connectivity index (χ4v) is 4.13. The monoisotopic (exact) mass is 476 g/mol. The Morgan fingerprint density at radius 3 is 2.34 bits per heavy atom. The zero-order valence-electron chi connectivity index (χ0n) is 17.4. The quantitative estimate of drug-likeness (QED) is 0.557. The third-order valence-electron chi connectivity index (χ3n) is 4.61. The Kier molecular flexibility index (Phi) is 9.24. The van der Waals surface area contributed by atoms with Crippen LogP contribution in [0.25, 0.3) is 0 Å². The molecule has 1 atom stereocenters. The molecule has 2 rings (SSSR count). The molecule has 2 amide bonds. The highest BCUT2D eigenvalue weighted by molar-refractivity contribution is 9.10. The van der Waals surface area contributed by atoms with Crippen LogP contribution in [0.4, 0.5) is 0 Å². The number of benzene rings is 2. The molecule has 0 aliphatic rings. The first-order valence-corrected chi connectivity index (χ1v) is 11.7. The van der Waals surface area contributed by atoms with E-state index in [-0.39, 0.29) is 17.9 Å². The summed E-state index contributed by atoms with van der Waals surface area (Å²) >= 11 is 5.02. The summed E-state index contributed by atoms with van der Waals surface area (Å²) in [6.07, 6.45) is 0. The molecule has 2 aromatic rings. The zero-order chi connectivity index (χ0) is 21.4. The van der Waals surface area contributed by atoms with Crippen molar-refractivity contribution in [1.29, 1.82) is 0 Å². The maximum absolute atomic E-state index is 13.0. The summed E-state index contributed by atoms with van der Waals surface area (Å²) in [6.45, 7) is 8.12. The number of carbonyl (C=O) groups is 2. The summed E-state index contributed by atoms with van der Waals surface area (Å²) in [5, 5.41) is 2.92.